The van der Waals surface area contributed by atoms with E-state index in [1.54, 1.807) is 0 Å². The minimum atomic E-state index is -3.42. The topological polar surface area (TPSA) is 35.5 Å². The van der Waals surface area contributed by atoms with Crippen molar-refractivity contribution >= 4 is 18.2 Å². The van der Waals surface area contributed by atoms with E-state index in [2.05, 4.69) is 0 Å². The summed E-state index contributed by atoms with van der Waals surface area (Å²) < 4.78 is 22.0. The number of rotatable bonds is 1. The van der Waals surface area contributed by atoms with Crippen LogP contribution in [-0.2, 0) is 13.6 Å². The summed E-state index contributed by atoms with van der Waals surface area (Å²) in [4.78, 5) is 0. The van der Waals surface area contributed by atoms with E-state index in [9.17, 15) is 4.57 Å². The van der Waals surface area contributed by atoms with Crippen molar-refractivity contribution in [2.75, 3.05) is 6.61 Å². The van der Waals surface area contributed by atoms with Gasteiger partial charge in [0.15, 0.2) is 0 Å². The summed E-state index contributed by atoms with van der Waals surface area (Å²) in [6.45, 7) is 0.912. The van der Waals surface area contributed by atoms with Gasteiger partial charge in [-0.2, -0.15) is 0 Å². The third kappa shape index (κ3) is 2.49. The fourth-order valence-corrected chi connectivity index (χ4v) is 3.35. The summed E-state index contributed by atoms with van der Waals surface area (Å²) in [5, 5.41) is 0. The molecular weight excluding hydrogens is 247 g/mol. The van der Waals surface area contributed by atoms with Gasteiger partial charge in [-0.05, 0) is 5.56 Å². The zero-order chi connectivity index (χ0) is 11.8. The predicted octanol–water partition coefficient (Wildman–Crippen LogP) is 4.15. The molecule has 0 spiro atoms. The summed E-state index contributed by atoms with van der Waals surface area (Å²) in [5.74, 6) is 0. The highest BCUT2D eigenvalue weighted by molar-refractivity contribution is 7.81. The highest BCUT2D eigenvalue weighted by atomic mass is 35.7. The van der Waals surface area contributed by atoms with E-state index in [1.165, 1.54) is 0 Å². The first-order chi connectivity index (χ1) is 7.41. The minimum absolute atomic E-state index is 0.246. The highest BCUT2D eigenvalue weighted by Gasteiger charge is 2.44. The lowest BCUT2D eigenvalue weighted by Gasteiger charge is -2.39. The van der Waals surface area contributed by atoms with Crippen molar-refractivity contribution in [1.29, 1.82) is 0 Å². The van der Waals surface area contributed by atoms with Gasteiger partial charge in [0, 0.05) is 16.7 Å². The quantitative estimate of drug-likeness (QED) is 0.712. The van der Waals surface area contributed by atoms with Crippen molar-refractivity contribution in [3.05, 3.63) is 35.9 Å². The Kier molecular flexibility index (Phi) is 3.15. The molecular formula is C11H14ClO3P. The summed E-state index contributed by atoms with van der Waals surface area (Å²) in [6.07, 6.45) is -0.300. The maximum absolute atomic E-state index is 11.6. The highest BCUT2D eigenvalue weighted by Crippen LogP contribution is 2.63. The molecule has 1 heterocycles. The van der Waals surface area contributed by atoms with Crippen LogP contribution in [0.1, 0.15) is 25.5 Å². The van der Waals surface area contributed by atoms with Gasteiger partial charge in [-0.25, -0.2) is 4.57 Å². The number of hydrogen-bond donors (Lipinski definition) is 0. The van der Waals surface area contributed by atoms with Gasteiger partial charge in [-0.15, -0.1) is 0 Å². The van der Waals surface area contributed by atoms with Crippen molar-refractivity contribution in [2.45, 2.75) is 20.0 Å². The second-order valence-corrected chi connectivity index (χ2v) is 7.16. The van der Waals surface area contributed by atoms with Crippen LogP contribution >= 0.6 is 18.2 Å². The molecule has 16 heavy (non-hydrogen) atoms. The molecule has 1 fully saturated rings. The second kappa shape index (κ2) is 4.15. The third-order valence-corrected chi connectivity index (χ3v) is 4.07. The first kappa shape index (κ1) is 12.1. The molecule has 5 heteroatoms. The maximum Gasteiger partial charge on any atom is 0.424 e. The van der Waals surface area contributed by atoms with E-state index in [0.717, 1.165) is 5.56 Å². The van der Waals surface area contributed by atoms with Gasteiger partial charge in [0.1, 0.15) is 6.10 Å². The summed E-state index contributed by atoms with van der Waals surface area (Å²) >= 11 is 5.66. The van der Waals surface area contributed by atoms with Gasteiger partial charge in [0.05, 0.1) is 6.61 Å². The summed E-state index contributed by atoms with van der Waals surface area (Å²) in [7, 11) is 0. The Hall–Kier alpha value is -0.340. The van der Waals surface area contributed by atoms with Gasteiger partial charge >= 0.3 is 6.95 Å². The number of hydrogen-bond acceptors (Lipinski definition) is 3. The lowest BCUT2D eigenvalue weighted by atomic mass is 9.83. The largest absolute Gasteiger partial charge is 0.424 e. The maximum atomic E-state index is 11.6. The predicted molar refractivity (Wildman–Crippen MR) is 63.5 cm³/mol. The molecule has 0 aliphatic carbocycles. The van der Waals surface area contributed by atoms with Gasteiger partial charge in [0.25, 0.3) is 0 Å². The van der Waals surface area contributed by atoms with E-state index in [1.807, 2.05) is 44.2 Å². The Morgan fingerprint density at radius 1 is 1.38 bits per heavy atom. The summed E-state index contributed by atoms with van der Waals surface area (Å²) in [5.41, 5.74) is 0.723. The lowest BCUT2D eigenvalue weighted by Crippen LogP contribution is -2.32. The zero-order valence-electron chi connectivity index (χ0n) is 9.22. The molecule has 0 bridgehead atoms. The molecule has 88 valence electrons. The van der Waals surface area contributed by atoms with Crippen LogP contribution in [-0.4, -0.2) is 6.61 Å². The van der Waals surface area contributed by atoms with Crippen LogP contribution in [0, 0.1) is 5.41 Å². The molecule has 1 saturated heterocycles. The monoisotopic (exact) mass is 260 g/mol. The first-order valence-corrected chi connectivity index (χ1v) is 7.53. The fourth-order valence-electron chi connectivity index (χ4n) is 1.76. The van der Waals surface area contributed by atoms with Crippen molar-refractivity contribution in [3.8, 4) is 0 Å². The third-order valence-electron chi connectivity index (χ3n) is 2.63. The van der Waals surface area contributed by atoms with Crippen LogP contribution in [0.4, 0.5) is 0 Å². The molecule has 1 aromatic rings. The minimum Gasteiger partial charge on any atom is -0.296 e. The average molecular weight is 261 g/mol. The van der Waals surface area contributed by atoms with Crippen molar-refractivity contribution in [1.82, 2.24) is 0 Å². The van der Waals surface area contributed by atoms with Gasteiger partial charge in [0.2, 0.25) is 0 Å². The molecule has 0 amide bonds. The van der Waals surface area contributed by atoms with Crippen LogP contribution in [0.25, 0.3) is 0 Å². The number of benzene rings is 1. The second-order valence-electron chi connectivity index (χ2n) is 4.59. The molecule has 1 aromatic carbocycles. The van der Waals surface area contributed by atoms with Gasteiger partial charge in [-0.1, -0.05) is 44.2 Å². The summed E-state index contributed by atoms with van der Waals surface area (Å²) in [6, 6.07) is 9.64. The Morgan fingerprint density at radius 3 is 2.62 bits per heavy atom. The van der Waals surface area contributed by atoms with Gasteiger partial charge in [-0.3, -0.25) is 9.05 Å². The van der Waals surface area contributed by atoms with E-state index < -0.39 is 6.95 Å². The smallest absolute Gasteiger partial charge is 0.296 e. The molecule has 1 aliphatic rings. The molecule has 0 saturated carbocycles. The Bertz CT molecular complexity index is 418. The van der Waals surface area contributed by atoms with Crippen molar-refractivity contribution in [2.24, 2.45) is 5.41 Å². The Morgan fingerprint density at radius 2 is 2.00 bits per heavy atom. The van der Waals surface area contributed by atoms with E-state index in [-0.39, 0.29) is 11.5 Å². The van der Waals surface area contributed by atoms with Crippen LogP contribution in [0.3, 0.4) is 0 Å². The molecule has 0 N–H and O–H groups in total. The van der Waals surface area contributed by atoms with E-state index in [0.29, 0.717) is 6.61 Å². The molecule has 1 aliphatic heterocycles. The van der Waals surface area contributed by atoms with E-state index in [4.69, 9.17) is 20.3 Å². The normalized spacial score (nSPS) is 33.6. The van der Waals surface area contributed by atoms with Crippen LogP contribution in [0.15, 0.2) is 30.3 Å². The fraction of sp³-hybridized carbons (Fsp3) is 0.455. The Balaban J connectivity index is 2.33. The molecule has 3 nitrogen and oxygen atoms in total. The van der Waals surface area contributed by atoms with Crippen LogP contribution in [0.2, 0.25) is 0 Å². The number of halogens is 1. The van der Waals surface area contributed by atoms with Crippen LogP contribution in [0.5, 0.6) is 0 Å². The SMILES string of the molecule is CC1(C)COP(=O)(Cl)OC1c1ccccc1. The standard InChI is InChI=1S/C11H14ClO3P/c1-11(2)8-14-16(12,13)15-10(11)9-6-4-3-5-7-9/h3-7,10H,8H2,1-2H3. The van der Waals surface area contributed by atoms with Crippen molar-refractivity contribution < 1.29 is 13.6 Å². The van der Waals surface area contributed by atoms with E-state index >= 15 is 0 Å². The average Bonchev–Trinajstić information content (AvgIpc) is 2.24. The molecule has 2 unspecified atom stereocenters. The molecule has 0 aromatic heterocycles. The first-order valence-electron chi connectivity index (χ1n) is 5.08. The molecule has 2 rings (SSSR count). The van der Waals surface area contributed by atoms with Crippen molar-refractivity contribution in [3.63, 3.8) is 0 Å². The Labute approximate surface area is 100 Å². The zero-order valence-corrected chi connectivity index (χ0v) is 10.9. The molecule has 2 atom stereocenters. The molecule has 0 radical (unpaired) electrons. The van der Waals surface area contributed by atoms with Crippen LogP contribution < -0.4 is 0 Å². The lowest BCUT2D eigenvalue weighted by molar-refractivity contribution is -0.0203. The van der Waals surface area contributed by atoms with Gasteiger partial charge < -0.3 is 0 Å².